The third kappa shape index (κ3) is 2.54. The van der Waals surface area contributed by atoms with Gasteiger partial charge in [-0.1, -0.05) is 18.2 Å². The maximum Gasteiger partial charge on any atom is 0.371 e. The fourth-order valence-electron chi connectivity index (χ4n) is 1.59. The zero-order chi connectivity index (χ0) is 12.3. The van der Waals surface area contributed by atoms with E-state index in [4.69, 9.17) is 14.3 Å². The van der Waals surface area contributed by atoms with E-state index in [0.717, 1.165) is 11.1 Å². The number of rotatable bonds is 4. The molecule has 1 aromatic heterocycles. The molecule has 0 saturated heterocycles. The fraction of sp³-hybridized carbons (Fsp3) is 0.154. The Morgan fingerprint density at radius 1 is 1.35 bits per heavy atom. The topological polar surface area (TPSA) is 59.7 Å². The van der Waals surface area contributed by atoms with Crippen molar-refractivity contribution in [3.63, 3.8) is 0 Å². The van der Waals surface area contributed by atoms with Gasteiger partial charge in [-0.05, 0) is 23.8 Å². The van der Waals surface area contributed by atoms with Crippen LogP contribution in [0.4, 0.5) is 0 Å². The maximum absolute atomic E-state index is 10.7. The predicted molar refractivity (Wildman–Crippen MR) is 61.8 cm³/mol. The van der Waals surface area contributed by atoms with Crippen molar-refractivity contribution in [1.82, 2.24) is 0 Å². The first-order chi connectivity index (χ1) is 8.20. The van der Waals surface area contributed by atoms with E-state index >= 15 is 0 Å². The van der Waals surface area contributed by atoms with Crippen LogP contribution in [0.2, 0.25) is 0 Å². The Hall–Kier alpha value is -2.07. The minimum Gasteiger partial charge on any atom is -0.475 e. The van der Waals surface area contributed by atoms with Crippen LogP contribution in [-0.2, 0) is 11.3 Å². The highest BCUT2D eigenvalue weighted by atomic mass is 16.5. The van der Waals surface area contributed by atoms with Crippen LogP contribution in [-0.4, -0.2) is 18.2 Å². The van der Waals surface area contributed by atoms with Crippen LogP contribution < -0.4 is 0 Å². The standard InChI is InChI=1S/C13H12O4/c1-16-8-9-3-2-4-10(7-9)11-5-6-12(17-11)13(14)15/h2-7H,8H2,1H3,(H,14,15). The van der Waals surface area contributed by atoms with Crippen molar-refractivity contribution in [3.05, 3.63) is 47.7 Å². The van der Waals surface area contributed by atoms with E-state index in [1.165, 1.54) is 6.07 Å². The van der Waals surface area contributed by atoms with Crippen molar-refractivity contribution < 1.29 is 19.1 Å². The molecule has 0 fully saturated rings. The van der Waals surface area contributed by atoms with E-state index in [0.29, 0.717) is 12.4 Å². The highest BCUT2D eigenvalue weighted by Gasteiger charge is 2.10. The second-order valence-electron chi connectivity index (χ2n) is 3.60. The van der Waals surface area contributed by atoms with Gasteiger partial charge in [-0.2, -0.15) is 0 Å². The molecule has 1 aromatic carbocycles. The van der Waals surface area contributed by atoms with Crippen molar-refractivity contribution in [3.8, 4) is 11.3 Å². The van der Waals surface area contributed by atoms with E-state index in [1.54, 1.807) is 13.2 Å². The van der Waals surface area contributed by atoms with Crippen molar-refractivity contribution in [2.24, 2.45) is 0 Å². The molecule has 88 valence electrons. The van der Waals surface area contributed by atoms with Crippen LogP contribution in [0.1, 0.15) is 16.1 Å². The third-order valence-electron chi connectivity index (χ3n) is 2.34. The molecule has 0 aliphatic carbocycles. The van der Waals surface area contributed by atoms with Crippen LogP contribution in [0.3, 0.4) is 0 Å². The lowest BCUT2D eigenvalue weighted by molar-refractivity contribution is 0.0663. The van der Waals surface area contributed by atoms with Gasteiger partial charge in [0.05, 0.1) is 6.61 Å². The summed E-state index contributed by atoms with van der Waals surface area (Å²) in [6.07, 6.45) is 0. The Bertz CT molecular complexity index is 528. The number of aromatic carboxylic acids is 1. The summed E-state index contributed by atoms with van der Waals surface area (Å²) < 4.78 is 10.3. The number of methoxy groups -OCH3 is 1. The number of furan rings is 1. The minimum atomic E-state index is -1.07. The largest absolute Gasteiger partial charge is 0.475 e. The van der Waals surface area contributed by atoms with E-state index in [2.05, 4.69) is 0 Å². The molecule has 0 unspecified atom stereocenters. The van der Waals surface area contributed by atoms with Crippen molar-refractivity contribution in [2.75, 3.05) is 7.11 Å². The molecule has 4 nitrogen and oxygen atoms in total. The Morgan fingerprint density at radius 3 is 2.82 bits per heavy atom. The number of benzene rings is 1. The molecule has 17 heavy (non-hydrogen) atoms. The molecule has 0 bridgehead atoms. The number of hydrogen-bond donors (Lipinski definition) is 1. The highest BCUT2D eigenvalue weighted by molar-refractivity contribution is 5.85. The van der Waals surface area contributed by atoms with Crippen LogP contribution >= 0.6 is 0 Å². The summed E-state index contributed by atoms with van der Waals surface area (Å²) in [6, 6.07) is 10.7. The third-order valence-corrected chi connectivity index (χ3v) is 2.34. The first-order valence-corrected chi connectivity index (χ1v) is 5.12. The van der Waals surface area contributed by atoms with Gasteiger partial charge in [0, 0.05) is 12.7 Å². The van der Waals surface area contributed by atoms with Gasteiger partial charge in [0.25, 0.3) is 0 Å². The number of carboxylic acid groups (broad SMARTS) is 1. The molecule has 2 aromatic rings. The summed E-state index contributed by atoms with van der Waals surface area (Å²) in [5.41, 5.74) is 1.85. The predicted octanol–water partition coefficient (Wildman–Crippen LogP) is 2.79. The average Bonchev–Trinajstić information content (AvgIpc) is 2.79. The van der Waals surface area contributed by atoms with Crippen molar-refractivity contribution in [1.29, 1.82) is 0 Å². The Kier molecular flexibility index (Phi) is 3.25. The molecule has 0 atom stereocenters. The number of ether oxygens (including phenoxy) is 1. The van der Waals surface area contributed by atoms with Crippen molar-refractivity contribution >= 4 is 5.97 Å². The molecule has 0 aliphatic heterocycles. The van der Waals surface area contributed by atoms with E-state index in [-0.39, 0.29) is 5.76 Å². The molecule has 0 radical (unpaired) electrons. The molecule has 0 aliphatic rings. The van der Waals surface area contributed by atoms with Gasteiger partial charge in [-0.15, -0.1) is 0 Å². The summed E-state index contributed by atoms with van der Waals surface area (Å²) in [4.78, 5) is 10.7. The average molecular weight is 232 g/mol. The summed E-state index contributed by atoms with van der Waals surface area (Å²) >= 11 is 0. The van der Waals surface area contributed by atoms with Crippen molar-refractivity contribution in [2.45, 2.75) is 6.61 Å². The van der Waals surface area contributed by atoms with Gasteiger partial charge in [0.15, 0.2) is 0 Å². The van der Waals surface area contributed by atoms with Crippen LogP contribution in [0.5, 0.6) is 0 Å². The first-order valence-electron chi connectivity index (χ1n) is 5.12. The number of hydrogen-bond acceptors (Lipinski definition) is 3. The quantitative estimate of drug-likeness (QED) is 0.880. The molecule has 0 saturated carbocycles. The van der Waals surface area contributed by atoms with Gasteiger partial charge in [-0.3, -0.25) is 0 Å². The van der Waals surface area contributed by atoms with Gasteiger partial charge >= 0.3 is 5.97 Å². The number of carboxylic acids is 1. The second kappa shape index (κ2) is 4.84. The molecular weight excluding hydrogens is 220 g/mol. The molecular formula is C13H12O4. The summed E-state index contributed by atoms with van der Waals surface area (Å²) in [5, 5.41) is 8.77. The van der Waals surface area contributed by atoms with E-state index in [1.807, 2.05) is 24.3 Å². The van der Waals surface area contributed by atoms with E-state index < -0.39 is 5.97 Å². The highest BCUT2D eigenvalue weighted by Crippen LogP contribution is 2.23. The Labute approximate surface area is 98.4 Å². The zero-order valence-electron chi connectivity index (χ0n) is 9.34. The number of carbonyl (C=O) groups is 1. The first kappa shape index (κ1) is 11.4. The van der Waals surface area contributed by atoms with Crippen LogP contribution in [0.25, 0.3) is 11.3 Å². The maximum atomic E-state index is 10.7. The monoisotopic (exact) mass is 232 g/mol. The lowest BCUT2D eigenvalue weighted by Gasteiger charge is -2.02. The summed E-state index contributed by atoms with van der Waals surface area (Å²) in [5.74, 6) is -0.582. The molecule has 1 N–H and O–H groups in total. The van der Waals surface area contributed by atoms with Gasteiger partial charge in [-0.25, -0.2) is 4.79 Å². The minimum absolute atomic E-state index is 0.0582. The van der Waals surface area contributed by atoms with Crippen LogP contribution in [0, 0.1) is 0 Å². The second-order valence-corrected chi connectivity index (χ2v) is 3.60. The van der Waals surface area contributed by atoms with Gasteiger partial charge in [0.2, 0.25) is 5.76 Å². The molecule has 1 heterocycles. The SMILES string of the molecule is COCc1cccc(-c2ccc(C(=O)O)o2)c1. The smallest absolute Gasteiger partial charge is 0.371 e. The van der Waals surface area contributed by atoms with E-state index in [9.17, 15) is 4.79 Å². The summed E-state index contributed by atoms with van der Waals surface area (Å²) in [6.45, 7) is 0.514. The Morgan fingerprint density at radius 2 is 2.18 bits per heavy atom. The van der Waals surface area contributed by atoms with Gasteiger partial charge < -0.3 is 14.3 Å². The summed E-state index contributed by atoms with van der Waals surface area (Å²) in [7, 11) is 1.63. The Balaban J connectivity index is 2.31. The van der Waals surface area contributed by atoms with Gasteiger partial charge in [0.1, 0.15) is 5.76 Å². The normalized spacial score (nSPS) is 10.4. The lowest BCUT2D eigenvalue weighted by atomic mass is 10.1. The lowest BCUT2D eigenvalue weighted by Crippen LogP contribution is -1.91. The molecule has 0 spiro atoms. The molecule has 0 amide bonds. The molecule has 2 rings (SSSR count). The fourth-order valence-corrected chi connectivity index (χ4v) is 1.59. The van der Waals surface area contributed by atoms with Crippen LogP contribution in [0.15, 0.2) is 40.8 Å². The zero-order valence-corrected chi connectivity index (χ0v) is 9.34. The molecule has 4 heteroatoms.